The van der Waals surface area contributed by atoms with Crippen molar-refractivity contribution in [2.45, 2.75) is 6.04 Å². The van der Waals surface area contributed by atoms with Crippen LogP contribution in [0.2, 0.25) is 10.0 Å². The molecule has 2 nitrogen and oxygen atoms in total. The molecule has 1 rings (SSSR count). The van der Waals surface area contributed by atoms with Gasteiger partial charge in [0.2, 0.25) is 5.24 Å². The molecule has 0 amide bonds. The molecule has 0 fully saturated rings. The number of carbonyl (C=O) groups is 1. The second kappa shape index (κ2) is 4.29. The molecule has 0 aliphatic rings. The number of benzene rings is 1. The first-order valence-electron chi connectivity index (χ1n) is 3.42. The Morgan fingerprint density at radius 3 is 2.46 bits per heavy atom. The van der Waals surface area contributed by atoms with Crippen LogP contribution in [0, 0.1) is 0 Å². The quantitative estimate of drug-likeness (QED) is 0.805. The fourth-order valence-electron chi connectivity index (χ4n) is 0.876. The van der Waals surface area contributed by atoms with E-state index in [-0.39, 0.29) is 0 Å². The molecule has 0 aliphatic heterocycles. The summed E-state index contributed by atoms with van der Waals surface area (Å²) in [5.41, 5.74) is 5.96. The van der Waals surface area contributed by atoms with Gasteiger partial charge >= 0.3 is 0 Å². The highest BCUT2D eigenvalue weighted by molar-refractivity contribution is 6.64. The zero-order chi connectivity index (χ0) is 10.0. The Hall–Kier alpha value is -0.280. The maximum atomic E-state index is 10.7. The van der Waals surface area contributed by atoms with Crippen molar-refractivity contribution in [1.29, 1.82) is 0 Å². The number of nitrogens with two attached hydrogens (primary N) is 1. The molecule has 2 N–H and O–H groups in total. The van der Waals surface area contributed by atoms with Gasteiger partial charge in [-0.2, -0.15) is 0 Å². The third-order valence-electron chi connectivity index (χ3n) is 1.54. The van der Waals surface area contributed by atoms with Crippen LogP contribution in [0.15, 0.2) is 18.2 Å². The second-order valence-electron chi connectivity index (χ2n) is 2.45. The first-order chi connectivity index (χ1) is 6.02. The highest BCUT2D eigenvalue weighted by Crippen LogP contribution is 2.26. The minimum absolute atomic E-state index is 0.342. The van der Waals surface area contributed by atoms with E-state index in [1.165, 1.54) is 6.07 Å². The molecule has 0 saturated carbocycles. The van der Waals surface area contributed by atoms with Crippen LogP contribution in [0.5, 0.6) is 0 Å². The van der Waals surface area contributed by atoms with Gasteiger partial charge < -0.3 is 5.73 Å². The average molecular weight is 239 g/mol. The van der Waals surface area contributed by atoms with Crippen LogP contribution in [0.1, 0.15) is 11.6 Å². The summed E-state index contributed by atoms with van der Waals surface area (Å²) in [6.07, 6.45) is 0. The Labute approximate surface area is 90.6 Å². The molecule has 5 heteroatoms. The predicted octanol–water partition coefficient (Wildman–Crippen LogP) is 2.76. The zero-order valence-electron chi connectivity index (χ0n) is 6.43. The normalized spacial score (nSPS) is 12.6. The highest BCUT2D eigenvalue weighted by Gasteiger charge is 2.16. The van der Waals surface area contributed by atoms with Gasteiger partial charge in [0, 0.05) is 10.0 Å². The molecule has 1 atom stereocenters. The number of halogens is 3. The van der Waals surface area contributed by atoms with Crippen molar-refractivity contribution >= 4 is 40.0 Å². The van der Waals surface area contributed by atoms with Gasteiger partial charge in [-0.15, -0.1) is 0 Å². The van der Waals surface area contributed by atoms with Gasteiger partial charge in [-0.25, -0.2) is 0 Å². The molecular formula is C8H6Cl3NO. The summed E-state index contributed by atoms with van der Waals surface area (Å²) >= 11 is 16.7. The van der Waals surface area contributed by atoms with E-state index in [2.05, 4.69) is 0 Å². The van der Waals surface area contributed by atoms with Crippen LogP contribution in [0.3, 0.4) is 0 Å². The Kier molecular flexibility index (Phi) is 3.56. The van der Waals surface area contributed by atoms with Crippen LogP contribution < -0.4 is 5.73 Å². The summed E-state index contributed by atoms with van der Waals surface area (Å²) in [5.74, 6) is 0. The lowest BCUT2D eigenvalue weighted by Gasteiger charge is -2.08. The van der Waals surface area contributed by atoms with Crippen LogP contribution in [0.4, 0.5) is 0 Å². The zero-order valence-corrected chi connectivity index (χ0v) is 8.70. The molecule has 0 saturated heterocycles. The fourth-order valence-corrected chi connectivity index (χ4v) is 1.52. The number of hydrogen-bond donors (Lipinski definition) is 1. The van der Waals surface area contributed by atoms with Gasteiger partial charge in [0.15, 0.2) is 0 Å². The summed E-state index contributed by atoms with van der Waals surface area (Å²) < 4.78 is 0. The van der Waals surface area contributed by atoms with E-state index in [0.717, 1.165) is 0 Å². The Balaban J connectivity index is 3.08. The largest absolute Gasteiger partial charge is 0.317 e. The molecule has 0 bridgehead atoms. The molecule has 1 unspecified atom stereocenters. The molecule has 0 spiro atoms. The van der Waals surface area contributed by atoms with Crippen molar-refractivity contribution in [1.82, 2.24) is 0 Å². The van der Waals surface area contributed by atoms with E-state index in [9.17, 15) is 4.79 Å². The van der Waals surface area contributed by atoms with Crippen molar-refractivity contribution in [2.75, 3.05) is 0 Å². The van der Waals surface area contributed by atoms with Gasteiger partial charge in [-0.3, -0.25) is 4.79 Å². The standard InChI is InChI=1S/C8H6Cl3NO/c9-4-1-2-5(6(10)3-4)7(12)8(11)13/h1-3,7H,12H2. The number of hydrogen-bond acceptors (Lipinski definition) is 2. The summed E-state index contributed by atoms with van der Waals surface area (Å²) in [5, 5.41) is 0.182. The SMILES string of the molecule is NC(C(=O)Cl)c1ccc(Cl)cc1Cl. The molecule has 70 valence electrons. The van der Waals surface area contributed by atoms with Crippen molar-refractivity contribution < 1.29 is 4.79 Å². The van der Waals surface area contributed by atoms with Gasteiger partial charge in [0.25, 0.3) is 0 Å². The maximum absolute atomic E-state index is 10.7. The van der Waals surface area contributed by atoms with Gasteiger partial charge in [0.05, 0.1) is 0 Å². The lowest BCUT2D eigenvalue weighted by atomic mass is 10.1. The molecule has 0 heterocycles. The molecule has 1 aromatic carbocycles. The third kappa shape index (κ3) is 2.58. The van der Waals surface area contributed by atoms with E-state index < -0.39 is 11.3 Å². The predicted molar refractivity (Wildman–Crippen MR) is 54.3 cm³/mol. The molecule has 1 aromatic rings. The van der Waals surface area contributed by atoms with Crippen LogP contribution in [-0.4, -0.2) is 5.24 Å². The fraction of sp³-hybridized carbons (Fsp3) is 0.125. The minimum atomic E-state index is -0.897. The Morgan fingerprint density at radius 2 is 2.00 bits per heavy atom. The highest BCUT2D eigenvalue weighted by atomic mass is 35.5. The van der Waals surface area contributed by atoms with E-state index in [4.69, 9.17) is 40.5 Å². The summed E-state index contributed by atoms with van der Waals surface area (Å²) in [6.45, 7) is 0. The molecule has 0 aromatic heterocycles. The van der Waals surface area contributed by atoms with E-state index >= 15 is 0 Å². The average Bonchev–Trinajstić information content (AvgIpc) is 2.03. The third-order valence-corrected chi connectivity index (χ3v) is 2.34. The molecule has 0 radical (unpaired) electrons. The van der Waals surface area contributed by atoms with Crippen molar-refractivity contribution in [3.63, 3.8) is 0 Å². The van der Waals surface area contributed by atoms with Crippen LogP contribution in [0.25, 0.3) is 0 Å². The second-order valence-corrected chi connectivity index (χ2v) is 3.66. The Bertz CT molecular complexity index is 340. The summed E-state index contributed by atoms with van der Waals surface area (Å²) in [7, 11) is 0. The van der Waals surface area contributed by atoms with Crippen LogP contribution in [-0.2, 0) is 4.79 Å². The molecular weight excluding hydrogens is 232 g/mol. The molecule has 0 aliphatic carbocycles. The first kappa shape index (κ1) is 10.8. The van der Waals surface area contributed by atoms with Gasteiger partial charge in [-0.05, 0) is 29.3 Å². The topological polar surface area (TPSA) is 43.1 Å². The summed E-state index contributed by atoms with van der Waals surface area (Å²) in [6, 6.07) is 3.79. The van der Waals surface area contributed by atoms with Crippen molar-refractivity contribution in [3.8, 4) is 0 Å². The maximum Gasteiger partial charge on any atom is 0.242 e. The van der Waals surface area contributed by atoms with Crippen LogP contribution >= 0.6 is 34.8 Å². The number of carbonyl (C=O) groups excluding carboxylic acids is 1. The molecule has 13 heavy (non-hydrogen) atoms. The lowest BCUT2D eigenvalue weighted by molar-refractivity contribution is -0.112. The van der Waals surface area contributed by atoms with Crippen molar-refractivity contribution in [2.24, 2.45) is 5.73 Å². The Morgan fingerprint density at radius 1 is 1.38 bits per heavy atom. The smallest absolute Gasteiger partial charge is 0.242 e. The van der Waals surface area contributed by atoms with Crippen molar-refractivity contribution in [3.05, 3.63) is 33.8 Å². The minimum Gasteiger partial charge on any atom is -0.317 e. The lowest BCUT2D eigenvalue weighted by Crippen LogP contribution is -2.17. The monoisotopic (exact) mass is 237 g/mol. The van der Waals surface area contributed by atoms with Gasteiger partial charge in [0.1, 0.15) is 6.04 Å². The van der Waals surface area contributed by atoms with Gasteiger partial charge in [-0.1, -0.05) is 29.3 Å². The number of rotatable bonds is 2. The van der Waals surface area contributed by atoms with E-state index in [1.54, 1.807) is 12.1 Å². The first-order valence-corrected chi connectivity index (χ1v) is 4.55. The summed E-state index contributed by atoms with van der Waals surface area (Å²) in [4.78, 5) is 10.7. The van der Waals surface area contributed by atoms with E-state index in [1.807, 2.05) is 0 Å². The van der Waals surface area contributed by atoms with E-state index in [0.29, 0.717) is 15.6 Å².